The van der Waals surface area contributed by atoms with Gasteiger partial charge in [-0.1, -0.05) is 29.4 Å². The molecular weight excluding hydrogens is 575 g/mol. The molecule has 1 aromatic rings. The standard InChI is InChI=1S/C26H33N5O5.C2HF3O2/c27-25(28)16-3-1-15(2-4-16)20-10-19(36-31-20)11-22(32)29-21(12-23(33)34)26(35)30-24-17-6-13-5-14(8-17)9-18(24)7-13;3-2(4,5)1(6)7/h1-4,13-14,17-19,21,24H,5-12H2,(H3,27,28)(H,29,32)(H,30,35)(H,33,34);(H,6,7)/t13?,14?,17?,18?,19?,21-,24?;/m0./s1. The van der Waals surface area contributed by atoms with E-state index in [1.165, 1.54) is 6.42 Å². The van der Waals surface area contributed by atoms with E-state index in [4.69, 9.17) is 25.9 Å². The van der Waals surface area contributed by atoms with E-state index in [0.717, 1.165) is 43.1 Å². The number of aliphatic carboxylic acids is 2. The molecule has 12 nitrogen and oxygen atoms in total. The van der Waals surface area contributed by atoms with Crippen molar-refractivity contribution in [3.8, 4) is 0 Å². The Balaban J connectivity index is 0.000000541. The highest BCUT2D eigenvalue weighted by Crippen LogP contribution is 2.53. The zero-order chi connectivity index (χ0) is 31.5. The molecule has 1 aromatic carbocycles. The van der Waals surface area contributed by atoms with Gasteiger partial charge in [0.1, 0.15) is 18.0 Å². The highest BCUT2D eigenvalue weighted by atomic mass is 19.4. The molecule has 1 heterocycles. The number of alkyl halides is 3. The van der Waals surface area contributed by atoms with Crippen LogP contribution < -0.4 is 16.4 Å². The maximum atomic E-state index is 13.1. The Morgan fingerprint density at radius 3 is 2.07 bits per heavy atom. The molecule has 6 rings (SSSR count). The van der Waals surface area contributed by atoms with Crippen molar-refractivity contribution in [1.29, 1.82) is 5.41 Å². The highest BCUT2D eigenvalue weighted by molar-refractivity contribution is 6.03. The number of amides is 2. The molecule has 7 N–H and O–H groups in total. The van der Waals surface area contributed by atoms with Crippen molar-refractivity contribution in [2.45, 2.75) is 75.7 Å². The third kappa shape index (κ3) is 8.23. The number of amidine groups is 1. The number of oxime groups is 1. The number of carboxylic acid groups (broad SMARTS) is 2. The molecule has 4 fully saturated rings. The molecule has 43 heavy (non-hydrogen) atoms. The number of carbonyl (C=O) groups excluding carboxylic acids is 2. The van der Waals surface area contributed by atoms with Crippen molar-refractivity contribution in [1.82, 2.24) is 10.6 Å². The summed E-state index contributed by atoms with van der Waals surface area (Å²) in [6.07, 6.45) is 0.130. The first-order valence-electron chi connectivity index (χ1n) is 14.0. The molecule has 2 atom stereocenters. The maximum Gasteiger partial charge on any atom is 0.490 e. The number of carboxylic acids is 2. The lowest BCUT2D eigenvalue weighted by Crippen LogP contribution is -2.59. The zero-order valence-corrected chi connectivity index (χ0v) is 23.1. The number of hydrogen-bond acceptors (Lipinski definition) is 7. The van der Waals surface area contributed by atoms with Gasteiger partial charge in [0.2, 0.25) is 11.8 Å². The van der Waals surface area contributed by atoms with Gasteiger partial charge >= 0.3 is 18.1 Å². The van der Waals surface area contributed by atoms with E-state index < -0.39 is 48.5 Å². The summed E-state index contributed by atoms with van der Waals surface area (Å²) in [4.78, 5) is 51.6. The van der Waals surface area contributed by atoms with Crippen LogP contribution in [0, 0.1) is 29.1 Å². The van der Waals surface area contributed by atoms with Crippen LogP contribution in [0.1, 0.15) is 62.5 Å². The first-order valence-corrected chi connectivity index (χ1v) is 14.0. The van der Waals surface area contributed by atoms with Crippen LogP contribution in [0.15, 0.2) is 29.4 Å². The van der Waals surface area contributed by atoms with Crippen LogP contribution in [0.3, 0.4) is 0 Å². The van der Waals surface area contributed by atoms with Gasteiger partial charge in [0.25, 0.3) is 0 Å². The molecule has 0 radical (unpaired) electrons. The van der Waals surface area contributed by atoms with E-state index >= 15 is 0 Å². The lowest BCUT2D eigenvalue weighted by molar-refractivity contribution is -0.192. The second-order valence-corrected chi connectivity index (χ2v) is 11.7. The maximum absolute atomic E-state index is 13.1. The third-order valence-corrected chi connectivity index (χ3v) is 8.48. The molecule has 1 aliphatic heterocycles. The summed E-state index contributed by atoms with van der Waals surface area (Å²) in [6, 6.07) is 5.96. The van der Waals surface area contributed by atoms with Crippen LogP contribution in [-0.4, -0.2) is 69.9 Å². The van der Waals surface area contributed by atoms with Crippen molar-refractivity contribution in [3.05, 3.63) is 35.4 Å². The molecule has 0 spiro atoms. The minimum atomic E-state index is -5.08. The fourth-order valence-electron chi connectivity index (χ4n) is 6.82. The highest BCUT2D eigenvalue weighted by Gasteiger charge is 2.49. The van der Waals surface area contributed by atoms with Crippen molar-refractivity contribution < 1.29 is 47.4 Å². The topological polar surface area (TPSA) is 204 Å². The molecule has 0 aromatic heterocycles. The number of carbonyl (C=O) groups is 4. The Bertz CT molecular complexity index is 1260. The van der Waals surface area contributed by atoms with Gasteiger partial charge in [-0.05, 0) is 61.3 Å². The van der Waals surface area contributed by atoms with Gasteiger partial charge in [0, 0.05) is 18.0 Å². The quantitative estimate of drug-likeness (QED) is 0.181. The molecule has 15 heteroatoms. The van der Waals surface area contributed by atoms with Crippen molar-refractivity contribution in [3.63, 3.8) is 0 Å². The Morgan fingerprint density at radius 1 is 1.02 bits per heavy atom. The number of benzene rings is 1. The second kappa shape index (κ2) is 13.0. The largest absolute Gasteiger partial charge is 0.490 e. The third-order valence-electron chi connectivity index (χ3n) is 8.48. The monoisotopic (exact) mass is 609 g/mol. The Labute approximate surface area is 244 Å². The zero-order valence-electron chi connectivity index (χ0n) is 23.1. The van der Waals surface area contributed by atoms with E-state index in [2.05, 4.69) is 15.8 Å². The number of nitrogens with zero attached hydrogens (tertiary/aromatic N) is 1. The van der Waals surface area contributed by atoms with Crippen LogP contribution in [0.5, 0.6) is 0 Å². The van der Waals surface area contributed by atoms with Gasteiger partial charge in [-0.25, -0.2) is 4.79 Å². The summed E-state index contributed by atoms with van der Waals surface area (Å²) in [5.41, 5.74) is 7.57. The first kappa shape index (κ1) is 31.8. The van der Waals surface area contributed by atoms with Crippen LogP contribution >= 0.6 is 0 Å². The predicted octanol–water partition coefficient (Wildman–Crippen LogP) is 2.39. The molecule has 1 unspecified atom stereocenters. The second-order valence-electron chi connectivity index (χ2n) is 11.7. The van der Waals surface area contributed by atoms with Crippen LogP contribution in [0.4, 0.5) is 13.2 Å². The summed E-state index contributed by atoms with van der Waals surface area (Å²) in [5, 5.41) is 33.8. The SMILES string of the molecule is N=C(N)c1ccc(C2=NOC(CC(=O)N[C@@H](CC(=O)O)C(=O)NC3C4CC5CC(C4)CC3C5)C2)cc1.O=C(O)C(F)(F)F. The molecular formula is C28H34F3N5O7. The minimum Gasteiger partial charge on any atom is -0.481 e. The van der Waals surface area contributed by atoms with Crippen LogP contribution in [-0.2, 0) is 24.0 Å². The van der Waals surface area contributed by atoms with E-state index in [-0.39, 0.29) is 18.3 Å². The van der Waals surface area contributed by atoms with Gasteiger partial charge in [-0.3, -0.25) is 19.8 Å². The van der Waals surface area contributed by atoms with E-state index in [1.54, 1.807) is 24.3 Å². The number of halogens is 3. The average molecular weight is 610 g/mol. The van der Waals surface area contributed by atoms with Gasteiger partial charge in [0.05, 0.1) is 18.6 Å². The number of rotatable bonds is 9. The summed E-state index contributed by atoms with van der Waals surface area (Å²) in [5.74, 6) is -2.35. The first-order chi connectivity index (χ1) is 20.2. The van der Waals surface area contributed by atoms with Gasteiger partial charge in [-0.2, -0.15) is 13.2 Å². The normalized spacial score (nSPS) is 27.6. The summed E-state index contributed by atoms with van der Waals surface area (Å²) in [7, 11) is 0. The summed E-state index contributed by atoms with van der Waals surface area (Å²) < 4.78 is 31.7. The lowest BCUT2D eigenvalue weighted by atomic mass is 9.54. The van der Waals surface area contributed by atoms with E-state index in [0.29, 0.717) is 29.5 Å². The number of hydrogen-bond donors (Lipinski definition) is 6. The smallest absolute Gasteiger partial charge is 0.481 e. The molecule has 4 aliphatic carbocycles. The van der Waals surface area contributed by atoms with Crippen LogP contribution in [0.2, 0.25) is 0 Å². The minimum absolute atomic E-state index is 0.0241. The molecule has 5 aliphatic rings. The fraction of sp³-hybridized carbons (Fsp3) is 0.571. The van der Waals surface area contributed by atoms with Gasteiger partial charge in [0.15, 0.2) is 0 Å². The predicted molar refractivity (Wildman–Crippen MR) is 145 cm³/mol. The van der Waals surface area contributed by atoms with Crippen molar-refractivity contribution in [2.75, 3.05) is 0 Å². The fourth-order valence-corrected chi connectivity index (χ4v) is 6.82. The molecule has 234 valence electrons. The number of nitrogens with two attached hydrogens (primary N) is 1. The Kier molecular flexibility index (Phi) is 9.60. The number of nitrogen functional groups attached to an aromatic ring is 1. The van der Waals surface area contributed by atoms with E-state index in [9.17, 15) is 32.7 Å². The Hall–Kier alpha value is -4.17. The van der Waals surface area contributed by atoms with Crippen LogP contribution in [0.25, 0.3) is 0 Å². The molecule has 2 amide bonds. The summed E-state index contributed by atoms with van der Waals surface area (Å²) in [6.45, 7) is 0. The van der Waals surface area contributed by atoms with Crippen molar-refractivity contribution >= 4 is 35.3 Å². The number of nitrogens with one attached hydrogen (secondary N) is 3. The lowest BCUT2D eigenvalue weighted by Gasteiger charge is -2.54. The van der Waals surface area contributed by atoms with Gasteiger partial charge in [-0.15, -0.1) is 0 Å². The molecule has 4 bridgehead atoms. The average Bonchev–Trinajstić information content (AvgIpc) is 3.37. The molecule has 4 saturated carbocycles. The summed E-state index contributed by atoms with van der Waals surface area (Å²) >= 11 is 0. The Morgan fingerprint density at radius 2 is 1.58 bits per heavy atom. The van der Waals surface area contributed by atoms with Gasteiger partial charge < -0.3 is 31.4 Å². The van der Waals surface area contributed by atoms with Crippen molar-refractivity contribution in [2.24, 2.45) is 34.6 Å². The molecule has 0 saturated heterocycles. The van der Waals surface area contributed by atoms with E-state index in [1.807, 2.05) is 0 Å².